The van der Waals surface area contributed by atoms with E-state index < -0.39 is 0 Å². The Morgan fingerprint density at radius 3 is 2.93 bits per heavy atom. The van der Waals surface area contributed by atoms with Gasteiger partial charge in [0, 0.05) is 37.4 Å². The monoisotopic (exact) mass is 440 g/mol. The highest BCUT2D eigenvalue weighted by Gasteiger charge is 2.21. The molecule has 1 aromatic heterocycles. The molecule has 0 spiro atoms. The van der Waals surface area contributed by atoms with Crippen LogP contribution in [0.5, 0.6) is 5.75 Å². The van der Waals surface area contributed by atoms with Crippen LogP contribution in [0.1, 0.15) is 29.7 Å². The third kappa shape index (κ3) is 5.63. The lowest BCUT2D eigenvalue weighted by atomic mass is 10.1. The second-order valence-electron chi connectivity index (χ2n) is 6.54. The molecule has 0 unspecified atom stereocenters. The van der Waals surface area contributed by atoms with Crippen molar-refractivity contribution in [2.75, 3.05) is 19.7 Å². The predicted molar refractivity (Wildman–Crippen MR) is 112 cm³/mol. The smallest absolute Gasteiger partial charge is 0.224 e. The van der Waals surface area contributed by atoms with E-state index in [1.807, 2.05) is 4.90 Å². The van der Waals surface area contributed by atoms with Crippen LogP contribution in [0.15, 0.2) is 29.6 Å². The molecule has 2 amide bonds. The van der Waals surface area contributed by atoms with Gasteiger partial charge in [-0.3, -0.25) is 9.59 Å². The van der Waals surface area contributed by atoms with E-state index in [9.17, 15) is 9.59 Å². The second-order valence-corrected chi connectivity index (χ2v) is 8.32. The minimum atomic E-state index is -0.0904. The summed E-state index contributed by atoms with van der Waals surface area (Å²) in [7, 11) is 0. The zero-order valence-corrected chi connectivity index (χ0v) is 17.7. The summed E-state index contributed by atoms with van der Waals surface area (Å²) in [6, 6.07) is 7.27. The van der Waals surface area contributed by atoms with Crippen LogP contribution >= 0.6 is 34.5 Å². The van der Waals surface area contributed by atoms with Gasteiger partial charge < -0.3 is 15.0 Å². The number of rotatable bonds is 8. The Morgan fingerprint density at radius 1 is 1.21 bits per heavy atom. The fraction of sp³-hybridized carbons (Fsp3) is 0.400. The van der Waals surface area contributed by atoms with Gasteiger partial charge in [0.05, 0.1) is 11.6 Å². The molecule has 0 aliphatic carbocycles. The van der Waals surface area contributed by atoms with E-state index in [1.54, 1.807) is 29.5 Å². The highest BCUT2D eigenvalue weighted by Crippen LogP contribution is 2.31. The zero-order chi connectivity index (χ0) is 19.9. The molecule has 0 saturated carbocycles. The predicted octanol–water partition coefficient (Wildman–Crippen LogP) is 4.31. The molecule has 0 atom stereocenters. The molecule has 28 heavy (non-hydrogen) atoms. The Hall–Kier alpha value is -1.76. The summed E-state index contributed by atoms with van der Waals surface area (Å²) in [5, 5.41) is 5.68. The second kappa shape index (κ2) is 10.1. The summed E-state index contributed by atoms with van der Waals surface area (Å²) < 4.78 is 5.56. The van der Waals surface area contributed by atoms with Crippen molar-refractivity contribution in [1.82, 2.24) is 10.2 Å². The molecular formula is C20H22Cl2N2O3S. The largest absolute Gasteiger partial charge is 0.492 e. The quantitative estimate of drug-likeness (QED) is 0.622. The summed E-state index contributed by atoms with van der Waals surface area (Å²) in [5.74, 6) is 0.499. The van der Waals surface area contributed by atoms with Crippen molar-refractivity contribution in [3.05, 3.63) is 50.1 Å². The van der Waals surface area contributed by atoms with Crippen LogP contribution in [0.25, 0.3) is 0 Å². The van der Waals surface area contributed by atoms with Gasteiger partial charge >= 0.3 is 0 Å². The van der Waals surface area contributed by atoms with Crippen LogP contribution in [0.2, 0.25) is 10.0 Å². The van der Waals surface area contributed by atoms with E-state index >= 15 is 0 Å². The van der Waals surface area contributed by atoms with Gasteiger partial charge in [0.2, 0.25) is 11.8 Å². The molecule has 2 aromatic rings. The number of fused-ring (bicyclic) bond motifs is 1. The normalized spacial score (nSPS) is 13.1. The number of thiophene rings is 1. The standard InChI is InChI=1S/C20H22Cl2N2O3S/c21-15-3-1-4-16(20(15)22)27-11-2-5-18(25)23-9-6-19(26)24-10-7-17-14(13-24)8-12-28-17/h1,3-4,8,12H,2,5-7,9-11,13H2,(H,23,25). The topological polar surface area (TPSA) is 58.6 Å². The van der Waals surface area contributed by atoms with Gasteiger partial charge in [0.1, 0.15) is 10.8 Å². The van der Waals surface area contributed by atoms with Crippen LogP contribution in [0.4, 0.5) is 0 Å². The van der Waals surface area contributed by atoms with E-state index in [0.29, 0.717) is 54.8 Å². The highest BCUT2D eigenvalue weighted by molar-refractivity contribution is 7.10. The summed E-state index contributed by atoms with van der Waals surface area (Å²) in [4.78, 5) is 27.5. The van der Waals surface area contributed by atoms with Crippen LogP contribution in [-0.2, 0) is 22.6 Å². The zero-order valence-electron chi connectivity index (χ0n) is 15.4. The summed E-state index contributed by atoms with van der Waals surface area (Å²) >= 11 is 13.7. The van der Waals surface area contributed by atoms with Crippen molar-refractivity contribution >= 4 is 46.4 Å². The van der Waals surface area contributed by atoms with E-state index in [4.69, 9.17) is 27.9 Å². The molecule has 1 N–H and O–H groups in total. The lowest BCUT2D eigenvalue weighted by Gasteiger charge is -2.27. The Morgan fingerprint density at radius 2 is 2.07 bits per heavy atom. The average Bonchev–Trinajstić information content (AvgIpc) is 3.16. The maximum atomic E-state index is 12.3. The summed E-state index contributed by atoms with van der Waals surface area (Å²) in [6.45, 7) is 2.15. The summed E-state index contributed by atoms with van der Waals surface area (Å²) in [6.07, 6.45) is 2.12. The molecule has 1 aliphatic heterocycles. The van der Waals surface area contributed by atoms with Crippen LogP contribution in [0.3, 0.4) is 0 Å². The van der Waals surface area contributed by atoms with Crippen molar-refractivity contribution < 1.29 is 14.3 Å². The first-order valence-electron chi connectivity index (χ1n) is 9.21. The third-order valence-electron chi connectivity index (χ3n) is 4.54. The first kappa shape index (κ1) is 21.0. The highest BCUT2D eigenvalue weighted by atomic mass is 35.5. The van der Waals surface area contributed by atoms with E-state index in [0.717, 1.165) is 13.0 Å². The Balaban J connectivity index is 1.29. The van der Waals surface area contributed by atoms with Crippen LogP contribution in [0, 0.1) is 0 Å². The number of halogens is 2. The molecule has 0 saturated heterocycles. The van der Waals surface area contributed by atoms with Gasteiger partial charge in [-0.05, 0) is 42.0 Å². The molecule has 0 radical (unpaired) electrons. The molecule has 0 fully saturated rings. The van der Waals surface area contributed by atoms with Gasteiger partial charge in [0.15, 0.2) is 0 Å². The first-order valence-corrected chi connectivity index (χ1v) is 10.8. The van der Waals surface area contributed by atoms with Crippen LogP contribution in [-0.4, -0.2) is 36.4 Å². The number of carbonyl (C=O) groups excluding carboxylic acids is 2. The maximum Gasteiger partial charge on any atom is 0.224 e. The number of carbonyl (C=O) groups is 2. The molecule has 1 aromatic carbocycles. The number of nitrogens with one attached hydrogen (secondary N) is 1. The van der Waals surface area contributed by atoms with Crippen molar-refractivity contribution in [2.24, 2.45) is 0 Å². The minimum absolute atomic E-state index is 0.0797. The van der Waals surface area contributed by atoms with Crippen molar-refractivity contribution in [1.29, 1.82) is 0 Å². The number of benzene rings is 1. The fourth-order valence-corrected chi connectivity index (χ4v) is 4.26. The molecule has 0 bridgehead atoms. The lowest BCUT2D eigenvalue weighted by Crippen LogP contribution is -2.37. The summed E-state index contributed by atoms with van der Waals surface area (Å²) in [5.41, 5.74) is 1.24. The molecule has 8 heteroatoms. The molecule has 5 nitrogen and oxygen atoms in total. The number of amides is 2. The Bertz CT molecular complexity index is 841. The third-order valence-corrected chi connectivity index (χ3v) is 6.37. The maximum absolute atomic E-state index is 12.3. The van der Waals surface area contributed by atoms with Gasteiger partial charge in [-0.25, -0.2) is 0 Å². The number of hydrogen-bond donors (Lipinski definition) is 1. The van der Waals surface area contributed by atoms with Crippen molar-refractivity contribution in [3.63, 3.8) is 0 Å². The van der Waals surface area contributed by atoms with Gasteiger partial charge in [-0.1, -0.05) is 29.3 Å². The number of nitrogens with zero attached hydrogens (tertiary/aromatic N) is 1. The number of ether oxygens (including phenoxy) is 1. The Kier molecular flexibility index (Phi) is 7.59. The SMILES string of the molecule is O=C(CCCOc1cccc(Cl)c1Cl)NCCC(=O)N1CCc2sccc2C1. The molecule has 150 valence electrons. The molecule has 3 rings (SSSR count). The van der Waals surface area contributed by atoms with Crippen LogP contribution < -0.4 is 10.1 Å². The van der Waals surface area contributed by atoms with E-state index in [2.05, 4.69) is 16.8 Å². The van der Waals surface area contributed by atoms with Gasteiger partial charge in [-0.2, -0.15) is 0 Å². The lowest BCUT2D eigenvalue weighted by molar-refractivity contribution is -0.132. The molecular weight excluding hydrogens is 419 g/mol. The van der Waals surface area contributed by atoms with Gasteiger partial charge in [-0.15, -0.1) is 11.3 Å². The average molecular weight is 441 g/mol. The first-order chi connectivity index (χ1) is 13.5. The fourth-order valence-electron chi connectivity index (χ4n) is 3.03. The molecule has 2 heterocycles. The molecule has 1 aliphatic rings. The van der Waals surface area contributed by atoms with Crippen molar-refractivity contribution in [3.8, 4) is 5.75 Å². The van der Waals surface area contributed by atoms with Crippen molar-refractivity contribution in [2.45, 2.75) is 32.2 Å². The van der Waals surface area contributed by atoms with E-state index in [1.165, 1.54) is 10.4 Å². The number of hydrogen-bond acceptors (Lipinski definition) is 4. The van der Waals surface area contributed by atoms with E-state index in [-0.39, 0.29) is 11.8 Å². The minimum Gasteiger partial charge on any atom is -0.492 e. The Labute approximate surface area is 178 Å². The van der Waals surface area contributed by atoms with Gasteiger partial charge in [0.25, 0.3) is 0 Å².